The molecule has 2 aliphatic heterocycles. The average Bonchev–Trinajstić information content (AvgIpc) is 3.22. The lowest BCUT2D eigenvalue weighted by molar-refractivity contribution is -0.119. The third-order valence-electron chi connectivity index (χ3n) is 5.21. The number of benzene rings is 1. The Labute approximate surface area is 149 Å². The van der Waals surface area contributed by atoms with Gasteiger partial charge in [-0.15, -0.1) is 0 Å². The molecule has 2 aliphatic rings. The van der Waals surface area contributed by atoms with Gasteiger partial charge in [0.1, 0.15) is 18.2 Å². The summed E-state index contributed by atoms with van der Waals surface area (Å²) < 4.78 is 2.36. The van der Waals surface area contributed by atoms with Gasteiger partial charge in [0.25, 0.3) is 5.56 Å². The van der Waals surface area contributed by atoms with Crippen LogP contribution in [0.1, 0.15) is 30.2 Å². The molecule has 7 heteroatoms. The normalized spacial score (nSPS) is 17.7. The highest BCUT2D eigenvalue weighted by molar-refractivity contribution is 5.96. The summed E-state index contributed by atoms with van der Waals surface area (Å²) >= 11 is 0. The second-order valence-corrected chi connectivity index (χ2v) is 6.81. The summed E-state index contributed by atoms with van der Waals surface area (Å²) in [5.74, 6) is -0.316. The summed E-state index contributed by atoms with van der Waals surface area (Å²) in [4.78, 5) is 39.9. The van der Waals surface area contributed by atoms with Crippen molar-refractivity contribution in [1.82, 2.24) is 9.13 Å². The molecule has 1 atom stereocenters. The lowest BCUT2D eigenvalue weighted by atomic mass is 10.1. The first kappa shape index (κ1) is 16.3. The number of carbonyl (C=O) groups is 1. The number of nitriles is 1. The number of amides is 1. The molecule has 7 nitrogen and oxygen atoms in total. The van der Waals surface area contributed by atoms with Crippen molar-refractivity contribution in [1.29, 1.82) is 5.26 Å². The fourth-order valence-electron chi connectivity index (χ4n) is 4.05. The maximum atomic E-state index is 12.9. The summed E-state index contributed by atoms with van der Waals surface area (Å²) in [6.45, 7) is 2.06. The van der Waals surface area contributed by atoms with E-state index in [0.29, 0.717) is 18.7 Å². The number of para-hydroxylation sites is 1. The maximum absolute atomic E-state index is 12.9. The van der Waals surface area contributed by atoms with Gasteiger partial charge in [-0.3, -0.25) is 14.2 Å². The topological polar surface area (TPSA) is 88.1 Å². The van der Waals surface area contributed by atoms with Crippen LogP contribution in [0.5, 0.6) is 0 Å². The van der Waals surface area contributed by atoms with Gasteiger partial charge in [0.2, 0.25) is 5.91 Å². The summed E-state index contributed by atoms with van der Waals surface area (Å²) in [6, 6.07) is 9.51. The number of anilines is 1. The quantitative estimate of drug-likeness (QED) is 0.802. The molecule has 26 heavy (non-hydrogen) atoms. The first-order valence-electron chi connectivity index (χ1n) is 8.69. The van der Waals surface area contributed by atoms with Crippen LogP contribution in [-0.4, -0.2) is 21.1 Å². The van der Waals surface area contributed by atoms with Crippen molar-refractivity contribution < 1.29 is 4.79 Å². The molecule has 4 rings (SSSR count). The molecular weight excluding hydrogens is 332 g/mol. The zero-order valence-corrected chi connectivity index (χ0v) is 14.4. The van der Waals surface area contributed by atoms with Gasteiger partial charge >= 0.3 is 5.69 Å². The van der Waals surface area contributed by atoms with E-state index in [-0.39, 0.29) is 24.1 Å². The molecule has 0 spiro atoms. The van der Waals surface area contributed by atoms with Gasteiger partial charge < -0.3 is 4.90 Å². The molecule has 0 bridgehead atoms. The van der Waals surface area contributed by atoms with Crippen LogP contribution in [0.4, 0.5) is 5.69 Å². The van der Waals surface area contributed by atoms with Crippen molar-refractivity contribution in [2.24, 2.45) is 0 Å². The Hall–Kier alpha value is -3.14. The Kier molecular flexibility index (Phi) is 3.76. The Morgan fingerprint density at radius 3 is 2.85 bits per heavy atom. The minimum Gasteiger partial charge on any atom is -0.307 e. The lowest BCUT2D eigenvalue weighted by Gasteiger charge is -2.23. The van der Waals surface area contributed by atoms with Crippen LogP contribution in [0.25, 0.3) is 0 Å². The molecule has 0 saturated heterocycles. The molecule has 0 N–H and O–H groups in total. The predicted molar refractivity (Wildman–Crippen MR) is 95.1 cm³/mol. The Morgan fingerprint density at radius 2 is 2.08 bits per heavy atom. The monoisotopic (exact) mass is 350 g/mol. The lowest BCUT2D eigenvalue weighted by Crippen LogP contribution is -2.47. The summed E-state index contributed by atoms with van der Waals surface area (Å²) in [5.41, 5.74) is 1.19. The molecule has 1 aromatic heterocycles. The number of aromatic nitrogens is 2. The van der Waals surface area contributed by atoms with E-state index in [0.717, 1.165) is 28.7 Å². The molecule has 2 aromatic rings. The van der Waals surface area contributed by atoms with Crippen LogP contribution in [0.15, 0.2) is 33.9 Å². The average molecular weight is 350 g/mol. The van der Waals surface area contributed by atoms with Crippen molar-refractivity contribution in [2.75, 3.05) is 4.90 Å². The maximum Gasteiger partial charge on any atom is 0.331 e. The van der Waals surface area contributed by atoms with E-state index in [2.05, 4.69) is 0 Å². The Bertz CT molecular complexity index is 1070. The highest BCUT2D eigenvalue weighted by atomic mass is 16.2. The molecule has 132 valence electrons. The van der Waals surface area contributed by atoms with E-state index in [1.54, 1.807) is 4.90 Å². The third kappa shape index (κ3) is 2.30. The Balaban J connectivity index is 1.75. The predicted octanol–water partition coefficient (Wildman–Crippen LogP) is 0.806. The van der Waals surface area contributed by atoms with Crippen molar-refractivity contribution in [3.8, 4) is 6.07 Å². The standard InChI is InChI=1S/C19H18N4O3/c1-12-9-13-5-2-3-6-15(13)23(12)17(24)11-22-18(25)14(10-20)16-7-4-8-21(16)19(22)26/h2-3,5-6,12H,4,7-9,11H2,1H3. The van der Waals surface area contributed by atoms with E-state index < -0.39 is 11.2 Å². The number of carbonyl (C=O) groups excluding carboxylic acids is 1. The number of hydrogen-bond donors (Lipinski definition) is 0. The van der Waals surface area contributed by atoms with Crippen LogP contribution < -0.4 is 16.1 Å². The zero-order valence-electron chi connectivity index (χ0n) is 14.4. The first-order valence-corrected chi connectivity index (χ1v) is 8.69. The molecular formula is C19H18N4O3. The van der Waals surface area contributed by atoms with Gasteiger partial charge in [0.15, 0.2) is 0 Å². The minimum absolute atomic E-state index is 0.0234. The SMILES string of the molecule is CC1Cc2ccccc2N1C(=O)Cn1c(=O)c(C#N)c2n(c1=O)CCC2. The van der Waals surface area contributed by atoms with Crippen LogP contribution in [0.2, 0.25) is 0 Å². The molecule has 0 radical (unpaired) electrons. The largest absolute Gasteiger partial charge is 0.331 e. The Morgan fingerprint density at radius 1 is 1.31 bits per heavy atom. The van der Waals surface area contributed by atoms with E-state index in [1.165, 1.54) is 4.57 Å². The highest BCUT2D eigenvalue weighted by Gasteiger charge is 2.32. The van der Waals surface area contributed by atoms with Gasteiger partial charge in [0.05, 0.1) is 0 Å². The molecule has 1 aromatic carbocycles. The fourth-order valence-corrected chi connectivity index (χ4v) is 4.05. The molecule has 1 unspecified atom stereocenters. The van der Waals surface area contributed by atoms with Gasteiger partial charge in [-0.1, -0.05) is 18.2 Å². The molecule has 1 amide bonds. The summed E-state index contributed by atoms with van der Waals surface area (Å²) in [7, 11) is 0. The van der Waals surface area contributed by atoms with Crippen LogP contribution in [-0.2, 0) is 30.7 Å². The van der Waals surface area contributed by atoms with E-state index in [9.17, 15) is 19.6 Å². The smallest absolute Gasteiger partial charge is 0.307 e. The number of rotatable bonds is 2. The van der Waals surface area contributed by atoms with Crippen LogP contribution in [0.3, 0.4) is 0 Å². The summed E-state index contributed by atoms with van der Waals surface area (Å²) in [6.07, 6.45) is 2.00. The minimum atomic E-state index is -0.667. The molecule has 0 saturated carbocycles. The second kappa shape index (κ2) is 5.99. The van der Waals surface area contributed by atoms with E-state index >= 15 is 0 Å². The number of fused-ring (bicyclic) bond motifs is 2. The number of hydrogen-bond acceptors (Lipinski definition) is 4. The third-order valence-corrected chi connectivity index (χ3v) is 5.21. The van der Waals surface area contributed by atoms with Crippen LogP contribution in [0, 0.1) is 11.3 Å². The molecule has 0 fully saturated rings. The second-order valence-electron chi connectivity index (χ2n) is 6.81. The van der Waals surface area contributed by atoms with Crippen molar-refractivity contribution >= 4 is 11.6 Å². The highest BCUT2D eigenvalue weighted by Crippen LogP contribution is 2.31. The van der Waals surface area contributed by atoms with E-state index in [1.807, 2.05) is 37.3 Å². The van der Waals surface area contributed by atoms with Crippen LogP contribution >= 0.6 is 0 Å². The van der Waals surface area contributed by atoms with Gasteiger partial charge in [-0.2, -0.15) is 5.26 Å². The fraction of sp³-hybridized carbons (Fsp3) is 0.368. The van der Waals surface area contributed by atoms with Gasteiger partial charge in [-0.05, 0) is 37.8 Å². The van der Waals surface area contributed by atoms with Gasteiger partial charge in [-0.25, -0.2) is 9.36 Å². The zero-order chi connectivity index (χ0) is 18.4. The molecule has 0 aliphatic carbocycles. The van der Waals surface area contributed by atoms with Crippen molar-refractivity contribution in [3.05, 3.63) is 61.9 Å². The first-order chi connectivity index (χ1) is 12.5. The van der Waals surface area contributed by atoms with Gasteiger partial charge in [0, 0.05) is 24.0 Å². The number of nitrogens with zero attached hydrogens (tertiary/aromatic N) is 4. The van der Waals surface area contributed by atoms with E-state index in [4.69, 9.17) is 0 Å². The molecule has 3 heterocycles. The van der Waals surface area contributed by atoms with Crippen molar-refractivity contribution in [3.63, 3.8) is 0 Å². The summed E-state index contributed by atoms with van der Waals surface area (Å²) in [5, 5.41) is 9.34. The van der Waals surface area contributed by atoms with Crippen molar-refractivity contribution in [2.45, 2.75) is 45.3 Å².